The molecule has 0 radical (unpaired) electrons. The first-order valence-corrected chi connectivity index (χ1v) is 5.50. The maximum absolute atomic E-state index is 12.1. The number of aliphatic hydroxyl groups excluding tert-OH is 1. The average Bonchev–Trinajstić information content (AvgIpc) is 2.43. The number of hydrogen-bond donors (Lipinski definition) is 2. The SMILES string of the molecule is COc1cc([C@@H](O)CN)cc(OC)c1OCCF. The highest BCUT2D eigenvalue weighted by Gasteiger charge is 2.17. The van der Waals surface area contributed by atoms with Gasteiger partial charge in [0, 0.05) is 6.54 Å². The summed E-state index contributed by atoms with van der Waals surface area (Å²) in [6, 6.07) is 3.18. The molecule has 1 rings (SSSR count). The average molecular weight is 259 g/mol. The first kappa shape index (κ1) is 14.5. The van der Waals surface area contributed by atoms with E-state index in [1.807, 2.05) is 0 Å². The van der Waals surface area contributed by atoms with Gasteiger partial charge in [-0.3, -0.25) is 0 Å². The van der Waals surface area contributed by atoms with Crippen molar-refractivity contribution in [1.29, 1.82) is 0 Å². The minimum Gasteiger partial charge on any atom is -0.493 e. The van der Waals surface area contributed by atoms with Crippen LogP contribution in [0.4, 0.5) is 4.39 Å². The van der Waals surface area contributed by atoms with E-state index in [-0.39, 0.29) is 13.2 Å². The van der Waals surface area contributed by atoms with Crippen LogP contribution in [0.3, 0.4) is 0 Å². The number of halogens is 1. The number of methoxy groups -OCH3 is 2. The molecule has 0 unspecified atom stereocenters. The topological polar surface area (TPSA) is 73.9 Å². The van der Waals surface area contributed by atoms with E-state index in [1.54, 1.807) is 12.1 Å². The van der Waals surface area contributed by atoms with Crippen LogP contribution in [0.2, 0.25) is 0 Å². The molecular formula is C12H18FNO4. The van der Waals surface area contributed by atoms with Crippen molar-refractivity contribution in [2.75, 3.05) is 34.0 Å². The number of hydrogen-bond acceptors (Lipinski definition) is 5. The Bertz CT molecular complexity index is 361. The lowest BCUT2D eigenvalue weighted by atomic mass is 10.1. The molecule has 1 aromatic carbocycles. The van der Waals surface area contributed by atoms with Gasteiger partial charge < -0.3 is 25.1 Å². The standard InChI is InChI=1S/C12H18FNO4/c1-16-10-5-8(9(15)7-14)6-11(17-2)12(10)18-4-3-13/h5-6,9,15H,3-4,7,14H2,1-2H3/t9-/m0/s1. The predicted octanol–water partition coefficient (Wildman–Crippen LogP) is 1.04. The summed E-state index contributed by atoms with van der Waals surface area (Å²) in [5, 5.41) is 9.70. The van der Waals surface area contributed by atoms with Crippen molar-refractivity contribution < 1.29 is 23.7 Å². The molecule has 6 heteroatoms. The Hall–Kier alpha value is -1.53. The summed E-state index contributed by atoms with van der Waals surface area (Å²) >= 11 is 0. The molecule has 0 saturated carbocycles. The zero-order chi connectivity index (χ0) is 13.5. The van der Waals surface area contributed by atoms with Gasteiger partial charge in [0.15, 0.2) is 11.5 Å². The van der Waals surface area contributed by atoms with E-state index in [0.29, 0.717) is 22.8 Å². The molecule has 1 aromatic rings. The smallest absolute Gasteiger partial charge is 0.203 e. The van der Waals surface area contributed by atoms with Gasteiger partial charge in [0.2, 0.25) is 5.75 Å². The van der Waals surface area contributed by atoms with E-state index in [2.05, 4.69) is 0 Å². The summed E-state index contributed by atoms with van der Waals surface area (Å²) in [5.74, 6) is 1.04. The zero-order valence-electron chi connectivity index (χ0n) is 10.5. The normalized spacial score (nSPS) is 12.1. The van der Waals surface area contributed by atoms with Gasteiger partial charge >= 0.3 is 0 Å². The summed E-state index contributed by atoms with van der Waals surface area (Å²) in [4.78, 5) is 0. The Labute approximate surface area is 105 Å². The Balaban J connectivity index is 3.16. The van der Waals surface area contributed by atoms with Crippen LogP contribution >= 0.6 is 0 Å². The van der Waals surface area contributed by atoms with Crippen LogP contribution < -0.4 is 19.9 Å². The molecule has 18 heavy (non-hydrogen) atoms. The third-order valence-corrected chi connectivity index (χ3v) is 2.41. The van der Waals surface area contributed by atoms with Crippen LogP contribution in [-0.2, 0) is 0 Å². The minimum absolute atomic E-state index is 0.0803. The van der Waals surface area contributed by atoms with Crippen molar-refractivity contribution in [2.24, 2.45) is 5.73 Å². The number of aliphatic hydroxyl groups is 1. The van der Waals surface area contributed by atoms with E-state index >= 15 is 0 Å². The van der Waals surface area contributed by atoms with Crippen molar-refractivity contribution in [3.8, 4) is 17.2 Å². The molecule has 0 bridgehead atoms. The summed E-state index contributed by atoms with van der Waals surface area (Å²) < 4.78 is 27.7. The van der Waals surface area contributed by atoms with Gasteiger partial charge in [-0.2, -0.15) is 0 Å². The lowest BCUT2D eigenvalue weighted by Gasteiger charge is -2.17. The summed E-state index contributed by atoms with van der Waals surface area (Å²) in [6.07, 6.45) is -0.817. The second kappa shape index (κ2) is 7.03. The zero-order valence-corrected chi connectivity index (χ0v) is 10.5. The van der Waals surface area contributed by atoms with E-state index in [1.165, 1.54) is 14.2 Å². The van der Waals surface area contributed by atoms with Crippen molar-refractivity contribution in [2.45, 2.75) is 6.10 Å². The Morgan fingerprint density at radius 3 is 2.22 bits per heavy atom. The number of ether oxygens (including phenoxy) is 3. The third-order valence-electron chi connectivity index (χ3n) is 2.41. The molecule has 0 aliphatic heterocycles. The van der Waals surface area contributed by atoms with E-state index in [4.69, 9.17) is 19.9 Å². The Morgan fingerprint density at radius 2 is 1.83 bits per heavy atom. The first-order valence-electron chi connectivity index (χ1n) is 5.50. The summed E-state index contributed by atoms with van der Waals surface area (Å²) in [7, 11) is 2.91. The largest absolute Gasteiger partial charge is 0.493 e. The monoisotopic (exact) mass is 259 g/mol. The quantitative estimate of drug-likeness (QED) is 0.765. The number of rotatable bonds is 7. The van der Waals surface area contributed by atoms with E-state index in [9.17, 15) is 9.50 Å². The van der Waals surface area contributed by atoms with Gasteiger partial charge in [-0.05, 0) is 17.7 Å². The molecule has 5 nitrogen and oxygen atoms in total. The van der Waals surface area contributed by atoms with Crippen LogP contribution in [0.15, 0.2) is 12.1 Å². The lowest BCUT2D eigenvalue weighted by Crippen LogP contribution is -2.12. The van der Waals surface area contributed by atoms with Gasteiger partial charge in [0.05, 0.1) is 20.3 Å². The second-order valence-electron chi connectivity index (χ2n) is 3.54. The molecule has 1 atom stereocenters. The van der Waals surface area contributed by atoms with Crippen LogP contribution in [0.5, 0.6) is 17.2 Å². The van der Waals surface area contributed by atoms with Gasteiger partial charge in [0.25, 0.3) is 0 Å². The summed E-state index contributed by atoms with van der Waals surface area (Å²) in [5.41, 5.74) is 5.95. The first-order chi connectivity index (χ1) is 8.67. The minimum atomic E-state index is -0.817. The van der Waals surface area contributed by atoms with Crippen molar-refractivity contribution in [3.05, 3.63) is 17.7 Å². The molecule has 3 N–H and O–H groups in total. The Kier molecular flexibility index (Phi) is 5.67. The lowest BCUT2D eigenvalue weighted by molar-refractivity contribution is 0.185. The van der Waals surface area contributed by atoms with Crippen molar-refractivity contribution in [1.82, 2.24) is 0 Å². The van der Waals surface area contributed by atoms with Crippen molar-refractivity contribution in [3.63, 3.8) is 0 Å². The molecule has 0 heterocycles. The fourth-order valence-corrected chi connectivity index (χ4v) is 1.51. The molecule has 0 aliphatic carbocycles. The van der Waals surface area contributed by atoms with Gasteiger partial charge in [0.1, 0.15) is 13.3 Å². The van der Waals surface area contributed by atoms with Gasteiger partial charge in [-0.1, -0.05) is 0 Å². The second-order valence-corrected chi connectivity index (χ2v) is 3.54. The van der Waals surface area contributed by atoms with Crippen LogP contribution in [-0.4, -0.2) is 39.2 Å². The number of alkyl halides is 1. The maximum atomic E-state index is 12.1. The molecule has 0 fully saturated rings. The molecular weight excluding hydrogens is 241 g/mol. The van der Waals surface area contributed by atoms with Gasteiger partial charge in [-0.15, -0.1) is 0 Å². The molecule has 102 valence electrons. The highest BCUT2D eigenvalue weighted by atomic mass is 19.1. The fraction of sp³-hybridized carbons (Fsp3) is 0.500. The number of benzene rings is 1. The highest BCUT2D eigenvalue weighted by Crippen LogP contribution is 2.39. The van der Waals surface area contributed by atoms with Crippen LogP contribution in [0.1, 0.15) is 11.7 Å². The molecule has 0 aliphatic rings. The molecule has 0 amide bonds. The van der Waals surface area contributed by atoms with Crippen LogP contribution in [0.25, 0.3) is 0 Å². The van der Waals surface area contributed by atoms with Crippen molar-refractivity contribution >= 4 is 0 Å². The van der Waals surface area contributed by atoms with E-state index in [0.717, 1.165) is 0 Å². The molecule has 0 aromatic heterocycles. The molecule has 0 saturated heterocycles. The predicted molar refractivity (Wildman–Crippen MR) is 65.0 cm³/mol. The fourth-order valence-electron chi connectivity index (χ4n) is 1.51. The summed E-state index contributed by atoms with van der Waals surface area (Å²) in [6.45, 7) is -0.623. The van der Waals surface area contributed by atoms with E-state index < -0.39 is 12.8 Å². The maximum Gasteiger partial charge on any atom is 0.203 e. The third kappa shape index (κ3) is 3.24. The van der Waals surface area contributed by atoms with Gasteiger partial charge in [-0.25, -0.2) is 4.39 Å². The number of nitrogens with two attached hydrogens (primary N) is 1. The van der Waals surface area contributed by atoms with Crippen LogP contribution in [0, 0.1) is 0 Å². The molecule has 0 spiro atoms. The highest BCUT2D eigenvalue weighted by molar-refractivity contribution is 5.54. The Morgan fingerprint density at radius 1 is 1.28 bits per heavy atom.